The number of hydrogen-bond acceptors (Lipinski definition) is 5. The molecule has 28 heavy (non-hydrogen) atoms. The number of para-hydroxylation sites is 1. The van der Waals surface area contributed by atoms with E-state index in [0.29, 0.717) is 12.2 Å². The van der Waals surface area contributed by atoms with Crippen LogP contribution in [0.25, 0.3) is 17.1 Å². The molecule has 2 aromatic carbocycles. The fraction of sp³-hybridized carbons (Fsp3) is 0.250. The van der Waals surface area contributed by atoms with Gasteiger partial charge in [0.1, 0.15) is 0 Å². The first-order valence-corrected chi connectivity index (χ1v) is 10.8. The molecular formula is C20H20N4O3S. The number of benzene rings is 2. The van der Waals surface area contributed by atoms with Crippen LogP contribution >= 0.6 is 0 Å². The highest BCUT2D eigenvalue weighted by molar-refractivity contribution is 7.91. The summed E-state index contributed by atoms with van der Waals surface area (Å²) < 4.78 is 25.2. The molecule has 0 unspecified atom stereocenters. The van der Waals surface area contributed by atoms with Crippen LogP contribution in [-0.4, -0.2) is 46.1 Å². The summed E-state index contributed by atoms with van der Waals surface area (Å²) in [6.45, 7) is 1.74. The van der Waals surface area contributed by atoms with Gasteiger partial charge in [-0.2, -0.15) is 0 Å². The van der Waals surface area contributed by atoms with Crippen molar-refractivity contribution in [3.05, 3.63) is 66.5 Å². The molecule has 0 saturated carbocycles. The van der Waals surface area contributed by atoms with E-state index in [1.807, 2.05) is 60.7 Å². The number of nitrogens with one attached hydrogen (secondary N) is 1. The lowest BCUT2D eigenvalue weighted by Gasteiger charge is -2.22. The molecule has 4 rings (SSSR count). The number of nitrogens with zero attached hydrogens (tertiary/aromatic N) is 3. The Labute approximate surface area is 163 Å². The fourth-order valence-corrected chi connectivity index (χ4v) is 5.46. The van der Waals surface area contributed by atoms with Gasteiger partial charge in [-0.25, -0.2) is 18.1 Å². The van der Waals surface area contributed by atoms with Gasteiger partial charge in [0, 0.05) is 5.56 Å². The van der Waals surface area contributed by atoms with Crippen molar-refractivity contribution in [2.24, 2.45) is 0 Å². The van der Waals surface area contributed by atoms with E-state index in [4.69, 9.17) is 0 Å². The quantitative estimate of drug-likeness (QED) is 0.730. The molecule has 1 N–H and O–H groups in total. The average molecular weight is 396 g/mol. The van der Waals surface area contributed by atoms with E-state index >= 15 is 0 Å². The van der Waals surface area contributed by atoms with Crippen LogP contribution in [0.5, 0.6) is 0 Å². The highest BCUT2D eigenvalue weighted by atomic mass is 32.2. The summed E-state index contributed by atoms with van der Waals surface area (Å²) in [7, 11) is -3.13. The van der Waals surface area contributed by atoms with Crippen LogP contribution < -0.4 is 5.32 Å². The van der Waals surface area contributed by atoms with Crippen molar-refractivity contribution in [3.8, 4) is 17.1 Å². The van der Waals surface area contributed by atoms with E-state index < -0.39 is 21.3 Å². The Bertz CT molecular complexity index is 1050. The second-order valence-corrected chi connectivity index (χ2v) is 9.41. The summed E-state index contributed by atoms with van der Waals surface area (Å²) in [6, 6.07) is 18.9. The van der Waals surface area contributed by atoms with Crippen LogP contribution in [0.3, 0.4) is 0 Å². The minimum Gasteiger partial charge on any atom is -0.343 e. The second kappa shape index (κ2) is 6.87. The zero-order valence-electron chi connectivity index (χ0n) is 15.4. The van der Waals surface area contributed by atoms with Crippen molar-refractivity contribution in [2.75, 3.05) is 11.5 Å². The lowest BCUT2D eigenvalue weighted by Crippen LogP contribution is -2.47. The smallest absolute Gasteiger partial charge is 0.291 e. The zero-order valence-corrected chi connectivity index (χ0v) is 16.2. The summed E-state index contributed by atoms with van der Waals surface area (Å²) in [5.74, 6) is 0.0718. The Morgan fingerprint density at radius 1 is 1.07 bits per heavy atom. The van der Waals surface area contributed by atoms with E-state index in [2.05, 4.69) is 15.4 Å². The maximum absolute atomic E-state index is 12.8. The molecule has 2 heterocycles. The molecule has 0 spiro atoms. The van der Waals surface area contributed by atoms with E-state index in [-0.39, 0.29) is 17.3 Å². The van der Waals surface area contributed by atoms with Gasteiger partial charge in [0.05, 0.1) is 22.7 Å². The SMILES string of the molecule is C[C@@]1(NC(=O)c2nc(-c3ccccc3)n(-c3ccccc3)n2)CCS(=O)(=O)C1. The number of amides is 1. The predicted molar refractivity (Wildman–Crippen MR) is 106 cm³/mol. The highest BCUT2D eigenvalue weighted by Crippen LogP contribution is 2.24. The van der Waals surface area contributed by atoms with Crippen LogP contribution in [0.15, 0.2) is 60.7 Å². The van der Waals surface area contributed by atoms with Gasteiger partial charge in [-0.3, -0.25) is 4.79 Å². The molecule has 0 aliphatic carbocycles. The first-order valence-electron chi connectivity index (χ1n) is 8.96. The van der Waals surface area contributed by atoms with Crippen molar-refractivity contribution in [1.82, 2.24) is 20.1 Å². The topological polar surface area (TPSA) is 93.9 Å². The monoisotopic (exact) mass is 396 g/mol. The zero-order chi connectivity index (χ0) is 19.8. The van der Waals surface area contributed by atoms with Crippen LogP contribution in [0.1, 0.15) is 24.0 Å². The Balaban J connectivity index is 1.71. The number of carbonyl (C=O) groups excluding carboxylic acids is 1. The molecule has 8 heteroatoms. The molecule has 1 saturated heterocycles. The van der Waals surface area contributed by atoms with Crippen molar-refractivity contribution < 1.29 is 13.2 Å². The summed E-state index contributed by atoms with van der Waals surface area (Å²) in [5, 5.41) is 7.22. The number of carbonyl (C=O) groups is 1. The van der Waals surface area contributed by atoms with Gasteiger partial charge in [-0.1, -0.05) is 48.5 Å². The van der Waals surface area contributed by atoms with Gasteiger partial charge >= 0.3 is 0 Å². The normalized spacial score (nSPS) is 20.8. The fourth-order valence-electron chi connectivity index (χ4n) is 3.37. The van der Waals surface area contributed by atoms with Crippen LogP contribution in [0.4, 0.5) is 0 Å². The molecule has 1 atom stereocenters. The largest absolute Gasteiger partial charge is 0.343 e. The number of aromatic nitrogens is 3. The average Bonchev–Trinajstić information content (AvgIpc) is 3.24. The number of sulfone groups is 1. The van der Waals surface area contributed by atoms with E-state index in [0.717, 1.165) is 11.3 Å². The summed E-state index contributed by atoms with van der Waals surface area (Å²) in [4.78, 5) is 17.3. The maximum Gasteiger partial charge on any atom is 0.291 e. The van der Waals surface area contributed by atoms with E-state index in [9.17, 15) is 13.2 Å². The molecule has 1 fully saturated rings. The third kappa shape index (κ3) is 3.68. The standard InChI is InChI=1S/C20H20N4O3S/c1-20(12-13-28(26,27)14-20)22-19(25)17-21-18(15-8-4-2-5-9-15)24(23-17)16-10-6-3-7-11-16/h2-11H,12-14H2,1H3,(H,22,25)/t20-/m1/s1. The summed E-state index contributed by atoms with van der Waals surface area (Å²) in [5.41, 5.74) is 0.802. The molecular weight excluding hydrogens is 376 g/mol. The Kier molecular flexibility index (Phi) is 4.50. The molecule has 0 bridgehead atoms. The van der Waals surface area contributed by atoms with Crippen molar-refractivity contribution in [1.29, 1.82) is 0 Å². The van der Waals surface area contributed by atoms with Crippen LogP contribution in [-0.2, 0) is 9.84 Å². The Morgan fingerprint density at radius 3 is 2.32 bits per heavy atom. The summed E-state index contributed by atoms with van der Waals surface area (Å²) in [6.07, 6.45) is 0.381. The third-order valence-corrected chi connectivity index (χ3v) is 6.66. The van der Waals surface area contributed by atoms with Gasteiger partial charge in [-0.05, 0) is 25.5 Å². The lowest BCUT2D eigenvalue weighted by atomic mass is 10.0. The van der Waals surface area contributed by atoms with Gasteiger partial charge in [0.15, 0.2) is 15.7 Å². The molecule has 0 radical (unpaired) electrons. The number of hydrogen-bond donors (Lipinski definition) is 1. The van der Waals surface area contributed by atoms with Crippen molar-refractivity contribution in [2.45, 2.75) is 18.9 Å². The molecule has 1 aliphatic rings. The van der Waals surface area contributed by atoms with Gasteiger partial charge in [-0.15, -0.1) is 5.10 Å². The molecule has 1 amide bonds. The van der Waals surface area contributed by atoms with Crippen LogP contribution in [0, 0.1) is 0 Å². The molecule has 7 nitrogen and oxygen atoms in total. The second-order valence-electron chi connectivity index (χ2n) is 7.23. The van der Waals surface area contributed by atoms with Gasteiger partial charge < -0.3 is 5.32 Å². The first kappa shape index (κ1) is 18.4. The van der Waals surface area contributed by atoms with Crippen molar-refractivity contribution >= 4 is 15.7 Å². The minimum atomic E-state index is -3.13. The van der Waals surface area contributed by atoms with E-state index in [1.165, 1.54) is 0 Å². The van der Waals surface area contributed by atoms with E-state index in [1.54, 1.807) is 11.6 Å². The molecule has 3 aromatic rings. The van der Waals surface area contributed by atoms with Crippen LogP contribution in [0.2, 0.25) is 0 Å². The Morgan fingerprint density at radius 2 is 1.71 bits per heavy atom. The molecule has 1 aromatic heterocycles. The third-order valence-electron chi connectivity index (χ3n) is 4.76. The molecule has 144 valence electrons. The Hall–Kier alpha value is -3.00. The van der Waals surface area contributed by atoms with Crippen molar-refractivity contribution in [3.63, 3.8) is 0 Å². The van der Waals surface area contributed by atoms with Gasteiger partial charge in [0.2, 0.25) is 5.82 Å². The number of rotatable bonds is 4. The maximum atomic E-state index is 12.8. The predicted octanol–water partition coefficient (Wildman–Crippen LogP) is 2.24. The summed E-state index contributed by atoms with van der Waals surface area (Å²) >= 11 is 0. The lowest BCUT2D eigenvalue weighted by molar-refractivity contribution is 0.0904. The minimum absolute atomic E-state index is 0.00762. The first-order chi connectivity index (χ1) is 13.4. The van der Waals surface area contributed by atoms with Gasteiger partial charge in [0.25, 0.3) is 5.91 Å². The highest BCUT2D eigenvalue weighted by Gasteiger charge is 2.40. The molecule has 1 aliphatic heterocycles.